The molecule has 0 radical (unpaired) electrons. The van der Waals surface area contributed by atoms with Gasteiger partial charge in [0.2, 0.25) is 0 Å². The summed E-state index contributed by atoms with van der Waals surface area (Å²) in [5.74, 6) is 0.244. The molecule has 2 heteroatoms. The van der Waals surface area contributed by atoms with Crippen LogP contribution in [0, 0.1) is 0 Å². The van der Waals surface area contributed by atoms with E-state index in [4.69, 9.17) is 5.73 Å². The lowest BCUT2D eigenvalue weighted by molar-refractivity contribution is -0.109. The first-order valence-corrected chi connectivity index (χ1v) is 4.61. The van der Waals surface area contributed by atoms with Crippen LogP contribution in [0.2, 0.25) is 0 Å². The summed E-state index contributed by atoms with van der Waals surface area (Å²) in [4.78, 5) is 10.6. The lowest BCUT2D eigenvalue weighted by atomic mass is 9.95. The van der Waals surface area contributed by atoms with Crippen LogP contribution in [-0.2, 0) is 11.2 Å². The number of nitrogens with two attached hydrogens (primary N) is 1. The van der Waals surface area contributed by atoms with Gasteiger partial charge in [-0.1, -0.05) is 24.3 Å². The van der Waals surface area contributed by atoms with Crippen molar-refractivity contribution in [1.82, 2.24) is 0 Å². The van der Waals surface area contributed by atoms with Gasteiger partial charge in [-0.15, -0.1) is 0 Å². The van der Waals surface area contributed by atoms with Gasteiger partial charge in [-0.25, -0.2) is 0 Å². The summed E-state index contributed by atoms with van der Waals surface area (Å²) < 4.78 is 0. The first kappa shape index (κ1) is 8.45. The zero-order valence-electron chi connectivity index (χ0n) is 7.44. The number of carbonyl (C=O) groups excluding carboxylic acids is 1. The van der Waals surface area contributed by atoms with Crippen LogP contribution in [0.15, 0.2) is 24.3 Å². The SMILES string of the molecule is NC(C=O)C1CCc2ccccc21. The van der Waals surface area contributed by atoms with E-state index in [0.29, 0.717) is 0 Å². The fourth-order valence-electron chi connectivity index (χ4n) is 2.08. The second-order valence-electron chi connectivity index (χ2n) is 3.56. The van der Waals surface area contributed by atoms with E-state index in [0.717, 1.165) is 19.1 Å². The molecule has 0 amide bonds. The minimum atomic E-state index is -0.330. The van der Waals surface area contributed by atoms with Gasteiger partial charge in [0.05, 0.1) is 6.04 Å². The van der Waals surface area contributed by atoms with Crippen molar-refractivity contribution >= 4 is 6.29 Å². The molecule has 1 aliphatic carbocycles. The Kier molecular flexibility index (Phi) is 2.15. The highest BCUT2D eigenvalue weighted by atomic mass is 16.1. The van der Waals surface area contributed by atoms with Gasteiger partial charge in [-0.3, -0.25) is 0 Å². The van der Waals surface area contributed by atoms with Crippen LogP contribution in [0.25, 0.3) is 0 Å². The van der Waals surface area contributed by atoms with E-state index in [2.05, 4.69) is 12.1 Å². The molecule has 0 aromatic heterocycles. The largest absolute Gasteiger partial charge is 0.321 e. The van der Waals surface area contributed by atoms with Gasteiger partial charge >= 0.3 is 0 Å². The van der Waals surface area contributed by atoms with Gasteiger partial charge in [0.25, 0.3) is 0 Å². The maximum atomic E-state index is 10.6. The molecule has 2 nitrogen and oxygen atoms in total. The number of rotatable bonds is 2. The molecule has 0 saturated heterocycles. The molecule has 2 atom stereocenters. The van der Waals surface area contributed by atoms with Crippen molar-refractivity contribution in [3.8, 4) is 0 Å². The van der Waals surface area contributed by atoms with Crippen LogP contribution in [0.3, 0.4) is 0 Å². The Balaban J connectivity index is 2.33. The van der Waals surface area contributed by atoms with Crippen molar-refractivity contribution in [2.75, 3.05) is 0 Å². The Morgan fingerprint density at radius 2 is 2.23 bits per heavy atom. The normalized spacial score (nSPS) is 22.4. The molecule has 1 aliphatic rings. The zero-order valence-corrected chi connectivity index (χ0v) is 7.44. The molecule has 1 aromatic carbocycles. The Morgan fingerprint density at radius 3 is 3.00 bits per heavy atom. The van der Waals surface area contributed by atoms with Crippen LogP contribution in [0.1, 0.15) is 23.5 Å². The summed E-state index contributed by atoms with van der Waals surface area (Å²) in [6.45, 7) is 0. The van der Waals surface area contributed by atoms with E-state index < -0.39 is 0 Å². The van der Waals surface area contributed by atoms with Crippen LogP contribution in [0.4, 0.5) is 0 Å². The molecule has 1 aromatic rings. The second kappa shape index (κ2) is 3.30. The van der Waals surface area contributed by atoms with Gasteiger partial charge in [0.15, 0.2) is 0 Å². The highest BCUT2D eigenvalue weighted by Crippen LogP contribution is 2.33. The zero-order chi connectivity index (χ0) is 9.26. The fourth-order valence-corrected chi connectivity index (χ4v) is 2.08. The van der Waals surface area contributed by atoms with Crippen LogP contribution < -0.4 is 5.73 Å². The molecule has 0 aliphatic heterocycles. The van der Waals surface area contributed by atoms with Gasteiger partial charge in [0.1, 0.15) is 6.29 Å². The third-order valence-electron chi connectivity index (χ3n) is 2.80. The summed E-state index contributed by atoms with van der Waals surface area (Å²) in [7, 11) is 0. The summed E-state index contributed by atoms with van der Waals surface area (Å²) in [5.41, 5.74) is 8.34. The molecular formula is C11H13NO. The van der Waals surface area contributed by atoms with Crippen molar-refractivity contribution in [3.05, 3.63) is 35.4 Å². The third-order valence-corrected chi connectivity index (χ3v) is 2.80. The van der Waals surface area contributed by atoms with Gasteiger partial charge in [-0.05, 0) is 24.0 Å². The Bertz CT molecular complexity index is 322. The predicted octanol–water partition coefficient (Wildman–Crippen LogP) is 1.24. The number of aldehydes is 1. The molecule has 0 heterocycles. The van der Waals surface area contributed by atoms with Crippen molar-refractivity contribution < 1.29 is 4.79 Å². The first-order chi connectivity index (χ1) is 6.33. The van der Waals surface area contributed by atoms with Gasteiger partial charge in [-0.2, -0.15) is 0 Å². The summed E-state index contributed by atoms with van der Waals surface area (Å²) in [6, 6.07) is 7.91. The fraction of sp³-hybridized carbons (Fsp3) is 0.364. The summed E-state index contributed by atoms with van der Waals surface area (Å²) in [5, 5.41) is 0. The number of fused-ring (bicyclic) bond motifs is 1. The highest BCUT2D eigenvalue weighted by molar-refractivity contribution is 5.60. The lowest BCUT2D eigenvalue weighted by Crippen LogP contribution is -2.28. The lowest BCUT2D eigenvalue weighted by Gasteiger charge is -2.13. The van der Waals surface area contributed by atoms with Crippen molar-refractivity contribution in [3.63, 3.8) is 0 Å². The average Bonchev–Trinajstić information content (AvgIpc) is 2.60. The number of aryl methyl sites for hydroxylation is 1. The molecule has 13 heavy (non-hydrogen) atoms. The maximum Gasteiger partial charge on any atom is 0.137 e. The smallest absolute Gasteiger partial charge is 0.137 e. The number of hydrogen-bond acceptors (Lipinski definition) is 2. The Hall–Kier alpha value is -1.15. The standard InChI is InChI=1S/C11H13NO/c12-11(7-13)10-6-5-8-3-1-2-4-9(8)10/h1-4,7,10-11H,5-6,12H2. The molecule has 2 rings (SSSR count). The van der Waals surface area contributed by atoms with Gasteiger partial charge < -0.3 is 10.5 Å². The van der Waals surface area contributed by atoms with E-state index in [1.54, 1.807) is 0 Å². The van der Waals surface area contributed by atoms with Crippen molar-refractivity contribution in [1.29, 1.82) is 0 Å². The van der Waals surface area contributed by atoms with Crippen molar-refractivity contribution in [2.45, 2.75) is 24.8 Å². The first-order valence-electron chi connectivity index (χ1n) is 4.61. The molecule has 0 saturated carbocycles. The molecule has 0 spiro atoms. The minimum Gasteiger partial charge on any atom is -0.321 e. The van der Waals surface area contributed by atoms with Crippen LogP contribution >= 0.6 is 0 Å². The topological polar surface area (TPSA) is 43.1 Å². The highest BCUT2D eigenvalue weighted by Gasteiger charge is 2.26. The van der Waals surface area contributed by atoms with E-state index in [-0.39, 0.29) is 12.0 Å². The van der Waals surface area contributed by atoms with E-state index >= 15 is 0 Å². The third kappa shape index (κ3) is 1.38. The summed E-state index contributed by atoms with van der Waals surface area (Å²) >= 11 is 0. The predicted molar refractivity (Wildman–Crippen MR) is 51.5 cm³/mol. The van der Waals surface area contributed by atoms with Crippen LogP contribution in [0.5, 0.6) is 0 Å². The molecule has 2 N–H and O–H groups in total. The molecule has 2 unspecified atom stereocenters. The molecule has 0 fully saturated rings. The minimum absolute atomic E-state index is 0.244. The number of benzene rings is 1. The van der Waals surface area contributed by atoms with Gasteiger partial charge in [0, 0.05) is 5.92 Å². The number of carbonyl (C=O) groups is 1. The summed E-state index contributed by atoms with van der Waals surface area (Å²) in [6.07, 6.45) is 2.92. The molecule has 0 bridgehead atoms. The van der Waals surface area contributed by atoms with E-state index in [1.165, 1.54) is 11.1 Å². The van der Waals surface area contributed by atoms with Crippen molar-refractivity contribution in [2.24, 2.45) is 5.73 Å². The Morgan fingerprint density at radius 1 is 1.46 bits per heavy atom. The quantitative estimate of drug-likeness (QED) is 0.687. The second-order valence-corrected chi connectivity index (χ2v) is 3.56. The Labute approximate surface area is 77.8 Å². The van der Waals surface area contributed by atoms with E-state index in [1.807, 2.05) is 12.1 Å². The molecular weight excluding hydrogens is 162 g/mol. The number of hydrogen-bond donors (Lipinski definition) is 1. The van der Waals surface area contributed by atoms with E-state index in [9.17, 15) is 4.79 Å². The maximum absolute atomic E-state index is 10.6. The van der Waals surface area contributed by atoms with Crippen LogP contribution in [-0.4, -0.2) is 12.3 Å². The molecule has 68 valence electrons. The average molecular weight is 175 g/mol. The monoisotopic (exact) mass is 175 g/mol.